The fourth-order valence-corrected chi connectivity index (χ4v) is 1.98. The third-order valence-electron chi connectivity index (χ3n) is 3.56. The predicted octanol–water partition coefficient (Wildman–Crippen LogP) is 2.37. The third-order valence-corrected chi connectivity index (χ3v) is 3.56. The molecule has 1 aromatic carbocycles. The molecule has 6 nitrogen and oxygen atoms in total. The molecule has 1 aromatic heterocycles. The van der Waals surface area contributed by atoms with Crippen LogP contribution < -0.4 is 10.5 Å². The molecule has 0 bridgehead atoms. The van der Waals surface area contributed by atoms with E-state index in [0.29, 0.717) is 17.3 Å². The highest BCUT2D eigenvalue weighted by Gasteiger charge is 2.21. The summed E-state index contributed by atoms with van der Waals surface area (Å²) in [6.45, 7) is 7.28. The molecule has 0 fully saturated rings. The summed E-state index contributed by atoms with van der Waals surface area (Å²) in [5.74, 6) is 1.29. The maximum absolute atomic E-state index is 5.94. The van der Waals surface area contributed by atoms with E-state index in [-0.39, 0.29) is 5.41 Å². The quantitative estimate of drug-likeness (QED) is 0.847. The number of benzene rings is 1. The zero-order valence-corrected chi connectivity index (χ0v) is 12.4. The summed E-state index contributed by atoms with van der Waals surface area (Å²) in [5.41, 5.74) is 7.45. The third kappa shape index (κ3) is 2.74. The van der Waals surface area contributed by atoms with E-state index in [1.807, 2.05) is 12.1 Å². The number of methoxy groups -OCH3 is 1. The zero-order valence-electron chi connectivity index (χ0n) is 12.4. The molecule has 0 saturated carbocycles. The SMILES string of the molecule is CCC(C)(C)Cn1nnnc1-c1cccc(N)c1OC. The average Bonchev–Trinajstić information content (AvgIpc) is 2.85. The van der Waals surface area contributed by atoms with Gasteiger partial charge >= 0.3 is 0 Å². The highest BCUT2D eigenvalue weighted by molar-refractivity contribution is 5.73. The number of anilines is 1. The Bertz CT molecular complexity index is 591. The molecule has 0 amide bonds. The monoisotopic (exact) mass is 275 g/mol. The summed E-state index contributed by atoms with van der Waals surface area (Å²) < 4.78 is 7.18. The van der Waals surface area contributed by atoms with Crippen molar-refractivity contribution in [2.75, 3.05) is 12.8 Å². The molecule has 20 heavy (non-hydrogen) atoms. The predicted molar refractivity (Wildman–Crippen MR) is 78.3 cm³/mol. The fraction of sp³-hybridized carbons (Fsp3) is 0.500. The van der Waals surface area contributed by atoms with Crippen LogP contribution in [-0.4, -0.2) is 27.3 Å². The second-order valence-corrected chi connectivity index (χ2v) is 5.61. The molecule has 108 valence electrons. The molecule has 0 aliphatic rings. The van der Waals surface area contributed by atoms with Crippen molar-refractivity contribution in [1.82, 2.24) is 20.2 Å². The van der Waals surface area contributed by atoms with Crippen LogP contribution in [0.2, 0.25) is 0 Å². The largest absolute Gasteiger partial charge is 0.494 e. The first-order valence-electron chi connectivity index (χ1n) is 6.67. The van der Waals surface area contributed by atoms with Crippen LogP contribution in [0, 0.1) is 5.41 Å². The number of aromatic nitrogens is 4. The van der Waals surface area contributed by atoms with Gasteiger partial charge in [-0.1, -0.05) is 26.8 Å². The summed E-state index contributed by atoms with van der Waals surface area (Å²) in [6.07, 6.45) is 1.04. The number of nitrogens with zero attached hydrogens (tertiary/aromatic N) is 4. The second-order valence-electron chi connectivity index (χ2n) is 5.61. The van der Waals surface area contributed by atoms with E-state index >= 15 is 0 Å². The number of nitrogens with two attached hydrogens (primary N) is 1. The number of hydrogen-bond acceptors (Lipinski definition) is 5. The van der Waals surface area contributed by atoms with Crippen molar-refractivity contribution < 1.29 is 4.74 Å². The van der Waals surface area contributed by atoms with Crippen molar-refractivity contribution in [2.24, 2.45) is 5.41 Å². The number of tetrazole rings is 1. The Balaban J connectivity index is 2.45. The Morgan fingerprint density at radius 3 is 2.75 bits per heavy atom. The van der Waals surface area contributed by atoms with Gasteiger partial charge in [-0.2, -0.15) is 0 Å². The lowest BCUT2D eigenvalue weighted by molar-refractivity contribution is 0.279. The van der Waals surface area contributed by atoms with E-state index in [2.05, 4.69) is 36.3 Å². The van der Waals surface area contributed by atoms with Crippen molar-refractivity contribution in [3.05, 3.63) is 18.2 Å². The van der Waals surface area contributed by atoms with Gasteiger partial charge in [0.25, 0.3) is 0 Å². The summed E-state index contributed by atoms with van der Waals surface area (Å²) in [6, 6.07) is 5.58. The maximum atomic E-state index is 5.94. The minimum atomic E-state index is 0.123. The lowest BCUT2D eigenvalue weighted by Gasteiger charge is -2.22. The van der Waals surface area contributed by atoms with Crippen LogP contribution >= 0.6 is 0 Å². The van der Waals surface area contributed by atoms with Gasteiger partial charge in [-0.3, -0.25) is 0 Å². The van der Waals surface area contributed by atoms with Gasteiger partial charge < -0.3 is 10.5 Å². The van der Waals surface area contributed by atoms with Crippen LogP contribution in [0.1, 0.15) is 27.2 Å². The molecule has 2 N–H and O–H groups in total. The van der Waals surface area contributed by atoms with Crippen LogP contribution in [0.25, 0.3) is 11.4 Å². The molecule has 2 aromatic rings. The fourth-order valence-electron chi connectivity index (χ4n) is 1.98. The van der Waals surface area contributed by atoms with Crippen LogP contribution in [-0.2, 0) is 6.54 Å². The van der Waals surface area contributed by atoms with E-state index in [0.717, 1.165) is 18.5 Å². The van der Waals surface area contributed by atoms with Crippen LogP contribution in [0.4, 0.5) is 5.69 Å². The van der Waals surface area contributed by atoms with Crippen molar-refractivity contribution in [3.63, 3.8) is 0 Å². The van der Waals surface area contributed by atoms with Gasteiger partial charge in [-0.15, -0.1) is 5.10 Å². The standard InChI is InChI=1S/C14H21N5O/c1-5-14(2,3)9-19-13(16-17-18-19)10-7-6-8-11(15)12(10)20-4/h6-8H,5,9,15H2,1-4H3. The van der Waals surface area contributed by atoms with E-state index in [9.17, 15) is 0 Å². The Hall–Kier alpha value is -2.11. The summed E-state index contributed by atoms with van der Waals surface area (Å²) in [5, 5.41) is 12.0. The van der Waals surface area contributed by atoms with Crippen molar-refractivity contribution in [2.45, 2.75) is 33.7 Å². The molecular weight excluding hydrogens is 254 g/mol. The number of rotatable bonds is 5. The number of para-hydroxylation sites is 1. The first kappa shape index (κ1) is 14.3. The van der Waals surface area contributed by atoms with Gasteiger partial charge in [0.05, 0.1) is 24.9 Å². The molecule has 0 atom stereocenters. The normalized spacial score (nSPS) is 11.6. The number of hydrogen-bond donors (Lipinski definition) is 1. The molecule has 6 heteroatoms. The second kappa shape index (κ2) is 5.48. The Morgan fingerprint density at radius 2 is 2.10 bits per heavy atom. The maximum Gasteiger partial charge on any atom is 0.185 e. The highest BCUT2D eigenvalue weighted by Crippen LogP contribution is 2.34. The highest BCUT2D eigenvalue weighted by atomic mass is 16.5. The smallest absolute Gasteiger partial charge is 0.185 e. The van der Waals surface area contributed by atoms with Crippen molar-refractivity contribution >= 4 is 5.69 Å². The van der Waals surface area contributed by atoms with E-state index < -0.39 is 0 Å². The molecule has 2 rings (SSSR count). The first-order chi connectivity index (χ1) is 9.48. The molecular formula is C14H21N5O. The van der Waals surface area contributed by atoms with E-state index in [1.165, 1.54) is 0 Å². The Labute approximate surface area is 118 Å². The Morgan fingerprint density at radius 1 is 1.35 bits per heavy atom. The molecule has 0 radical (unpaired) electrons. The topological polar surface area (TPSA) is 78.9 Å². The van der Waals surface area contributed by atoms with Crippen LogP contribution in [0.5, 0.6) is 5.75 Å². The number of ether oxygens (including phenoxy) is 1. The van der Waals surface area contributed by atoms with E-state index in [4.69, 9.17) is 10.5 Å². The van der Waals surface area contributed by atoms with E-state index in [1.54, 1.807) is 17.9 Å². The van der Waals surface area contributed by atoms with Gasteiger partial charge in [-0.25, -0.2) is 4.68 Å². The first-order valence-corrected chi connectivity index (χ1v) is 6.67. The van der Waals surface area contributed by atoms with Gasteiger partial charge in [0.1, 0.15) is 0 Å². The lowest BCUT2D eigenvalue weighted by atomic mass is 9.90. The Kier molecular flexibility index (Phi) is 3.92. The molecule has 0 unspecified atom stereocenters. The van der Waals surface area contributed by atoms with Gasteiger partial charge in [0.15, 0.2) is 11.6 Å². The van der Waals surface area contributed by atoms with Crippen molar-refractivity contribution in [3.8, 4) is 17.1 Å². The summed E-state index contributed by atoms with van der Waals surface area (Å²) in [7, 11) is 1.60. The minimum absolute atomic E-state index is 0.123. The van der Waals surface area contributed by atoms with Crippen molar-refractivity contribution in [1.29, 1.82) is 0 Å². The molecule has 0 saturated heterocycles. The molecule has 0 aliphatic carbocycles. The summed E-state index contributed by atoms with van der Waals surface area (Å²) >= 11 is 0. The van der Waals surface area contributed by atoms with Crippen LogP contribution in [0.15, 0.2) is 18.2 Å². The molecule has 0 spiro atoms. The number of nitrogen functional groups attached to an aromatic ring is 1. The molecule has 1 heterocycles. The van der Waals surface area contributed by atoms with Gasteiger partial charge in [-0.05, 0) is 34.4 Å². The van der Waals surface area contributed by atoms with Gasteiger partial charge in [0, 0.05) is 0 Å². The molecule has 0 aliphatic heterocycles. The zero-order chi connectivity index (χ0) is 14.8. The summed E-state index contributed by atoms with van der Waals surface area (Å²) in [4.78, 5) is 0. The van der Waals surface area contributed by atoms with Crippen LogP contribution in [0.3, 0.4) is 0 Å². The van der Waals surface area contributed by atoms with Gasteiger partial charge in [0.2, 0.25) is 0 Å². The minimum Gasteiger partial charge on any atom is -0.494 e. The lowest BCUT2D eigenvalue weighted by Crippen LogP contribution is -2.20. The average molecular weight is 275 g/mol.